The minimum absolute atomic E-state index is 0.148. The summed E-state index contributed by atoms with van der Waals surface area (Å²) in [4.78, 5) is 2.60. The van der Waals surface area contributed by atoms with Crippen LogP contribution in [0.15, 0.2) is 0 Å². The fourth-order valence-corrected chi connectivity index (χ4v) is 5.46. The normalized spacial score (nSPS) is 15.4. The van der Waals surface area contributed by atoms with E-state index in [1.165, 1.54) is 128 Å². The van der Waals surface area contributed by atoms with Gasteiger partial charge in [-0.2, -0.15) is 0 Å². The molecule has 0 aromatic rings. The minimum atomic E-state index is -0.148. The van der Waals surface area contributed by atoms with Crippen LogP contribution in [-0.2, 0) is 0 Å². The second-order valence-corrected chi connectivity index (χ2v) is 12.2. The Labute approximate surface area is 223 Å². The zero-order valence-corrected chi connectivity index (χ0v) is 25.5. The predicted molar refractivity (Wildman–Crippen MR) is 159 cm³/mol. The summed E-state index contributed by atoms with van der Waals surface area (Å²) in [5.41, 5.74) is 0. The van der Waals surface area contributed by atoms with Gasteiger partial charge in [0.25, 0.3) is 0 Å². The van der Waals surface area contributed by atoms with E-state index in [0.29, 0.717) is 6.04 Å². The second kappa shape index (κ2) is 25.6. The van der Waals surface area contributed by atoms with Crippen LogP contribution in [0.1, 0.15) is 176 Å². The summed E-state index contributed by atoms with van der Waals surface area (Å²) in [5, 5.41) is 10.7. The molecule has 0 fully saturated rings. The van der Waals surface area contributed by atoms with Gasteiger partial charge in [-0.15, -0.1) is 0 Å². The largest absolute Gasteiger partial charge is 0.392 e. The van der Waals surface area contributed by atoms with Gasteiger partial charge < -0.3 is 5.11 Å². The van der Waals surface area contributed by atoms with Gasteiger partial charge in [0.2, 0.25) is 0 Å². The van der Waals surface area contributed by atoms with Crippen LogP contribution in [0.5, 0.6) is 0 Å². The van der Waals surface area contributed by atoms with Crippen LogP contribution in [0.4, 0.5) is 0 Å². The molecule has 0 aliphatic heterocycles. The molecule has 0 amide bonds. The van der Waals surface area contributed by atoms with Gasteiger partial charge in [-0.25, -0.2) is 0 Å². The van der Waals surface area contributed by atoms with E-state index in [0.717, 1.165) is 31.3 Å². The molecule has 0 rings (SSSR count). The van der Waals surface area contributed by atoms with Crippen molar-refractivity contribution in [3.8, 4) is 0 Å². The fourth-order valence-electron chi connectivity index (χ4n) is 5.46. The molecule has 0 heterocycles. The molecule has 0 saturated heterocycles. The Kier molecular flexibility index (Phi) is 25.5. The zero-order valence-electron chi connectivity index (χ0n) is 25.5. The molecular weight excluding hydrogens is 426 g/mol. The van der Waals surface area contributed by atoms with Crippen molar-refractivity contribution in [2.45, 2.75) is 189 Å². The maximum Gasteiger partial charge on any atom is 0.0667 e. The Morgan fingerprint density at radius 2 is 0.943 bits per heavy atom. The van der Waals surface area contributed by atoms with E-state index < -0.39 is 0 Å². The highest BCUT2D eigenvalue weighted by Crippen LogP contribution is 2.22. The van der Waals surface area contributed by atoms with Crippen molar-refractivity contribution >= 4 is 0 Å². The third-order valence-electron chi connectivity index (χ3n) is 8.28. The van der Waals surface area contributed by atoms with Crippen LogP contribution in [0.3, 0.4) is 0 Å². The number of hydrogen-bond acceptors (Lipinski definition) is 2. The first-order valence-corrected chi connectivity index (χ1v) is 16.4. The molecule has 0 spiro atoms. The Balaban J connectivity index is 4.10. The predicted octanol–water partition coefficient (Wildman–Crippen LogP) is 10.6. The molecule has 0 aromatic heterocycles. The van der Waals surface area contributed by atoms with Gasteiger partial charge in [-0.05, 0) is 51.0 Å². The molecular formula is C33H69NO. The maximum atomic E-state index is 10.7. The highest BCUT2D eigenvalue weighted by atomic mass is 16.3. The molecule has 0 saturated carbocycles. The van der Waals surface area contributed by atoms with Gasteiger partial charge in [-0.1, -0.05) is 144 Å². The van der Waals surface area contributed by atoms with Crippen molar-refractivity contribution in [3.63, 3.8) is 0 Å². The molecule has 0 radical (unpaired) electrons. The lowest BCUT2D eigenvalue weighted by atomic mass is 9.92. The zero-order chi connectivity index (χ0) is 26.2. The molecule has 1 N–H and O–H groups in total. The van der Waals surface area contributed by atoms with E-state index >= 15 is 0 Å². The van der Waals surface area contributed by atoms with Crippen molar-refractivity contribution in [2.24, 2.45) is 11.8 Å². The second-order valence-electron chi connectivity index (χ2n) is 12.2. The summed E-state index contributed by atoms with van der Waals surface area (Å²) in [6.45, 7) is 16.2. The average Bonchev–Trinajstić information content (AvgIpc) is 2.84. The average molecular weight is 496 g/mol. The Morgan fingerprint density at radius 1 is 0.486 bits per heavy atom. The Bertz CT molecular complexity index is 412. The van der Waals surface area contributed by atoms with E-state index in [1.54, 1.807) is 0 Å². The SMILES string of the molecule is CCCCCCCCCCC(O)CN(CCCC)C(C)CCC(C)CCCC(C)CCCCCC. The van der Waals surface area contributed by atoms with Crippen molar-refractivity contribution in [2.75, 3.05) is 13.1 Å². The van der Waals surface area contributed by atoms with Gasteiger partial charge in [0, 0.05) is 12.6 Å². The smallest absolute Gasteiger partial charge is 0.0667 e. The van der Waals surface area contributed by atoms with Crippen LogP contribution < -0.4 is 0 Å². The molecule has 35 heavy (non-hydrogen) atoms. The molecule has 2 nitrogen and oxygen atoms in total. The fraction of sp³-hybridized carbons (Fsp3) is 1.00. The van der Waals surface area contributed by atoms with Crippen LogP contribution in [0.25, 0.3) is 0 Å². The molecule has 0 aliphatic rings. The highest BCUT2D eigenvalue weighted by Gasteiger charge is 2.18. The van der Waals surface area contributed by atoms with Crippen LogP contribution in [-0.4, -0.2) is 35.2 Å². The summed E-state index contributed by atoms with van der Waals surface area (Å²) < 4.78 is 0. The standard InChI is InChI=1S/C33H69NO/c1-7-10-13-15-16-17-18-20-25-33(35)29-34(28-12-9-3)32(6)27-26-31(5)24-21-23-30(4)22-19-14-11-8-2/h30-33,35H,7-29H2,1-6H3. The Morgan fingerprint density at radius 3 is 1.54 bits per heavy atom. The maximum absolute atomic E-state index is 10.7. The van der Waals surface area contributed by atoms with Crippen molar-refractivity contribution in [1.29, 1.82) is 0 Å². The molecule has 4 unspecified atom stereocenters. The summed E-state index contributed by atoms with van der Waals surface area (Å²) in [6, 6.07) is 0.592. The van der Waals surface area contributed by atoms with Gasteiger partial charge in [0.1, 0.15) is 0 Å². The summed E-state index contributed by atoms with van der Waals surface area (Å²) in [5.74, 6) is 1.74. The molecule has 4 atom stereocenters. The lowest BCUT2D eigenvalue weighted by Crippen LogP contribution is -2.40. The van der Waals surface area contributed by atoms with E-state index in [4.69, 9.17) is 0 Å². The third kappa shape index (κ3) is 22.8. The quantitative estimate of drug-likeness (QED) is 0.115. The molecule has 0 aromatic carbocycles. The first-order valence-electron chi connectivity index (χ1n) is 16.4. The molecule has 212 valence electrons. The Hall–Kier alpha value is -0.0800. The lowest BCUT2D eigenvalue weighted by Gasteiger charge is -2.32. The number of rotatable bonds is 27. The summed E-state index contributed by atoms with van der Waals surface area (Å²) in [6.07, 6.45) is 27.9. The van der Waals surface area contributed by atoms with Gasteiger partial charge >= 0.3 is 0 Å². The molecule has 0 aliphatic carbocycles. The van der Waals surface area contributed by atoms with Crippen LogP contribution in [0, 0.1) is 11.8 Å². The first-order chi connectivity index (χ1) is 16.9. The minimum Gasteiger partial charge on any atom is -0.392 e. The number of hydrogen-bond donors (Lipinski definition) is 1. The van der Waals surface area contributed by atoms with Crippen molar-refractivity contribution in [3.05, 3.63) is 0 Å². The topological polar surface area (TPSA) is 23.5 Å². The number of aliphatic hydroxyl groups excluding tert-OH is 1. The van der Waals surface area contributed by atoms with Crippen LogP contribution >= 0.6 is 0 Å². The van der Waals surface area contributed by atoms with E-state index in [9.17, 15) is 5.11 Å². The van der Waals surface area contributed by atoms with Crippen molar-refractivity contribution in [1.82, 2.24) is 4.90 Å². The number of aliphatic hydroxyl groups is 1. The van der Waals surface area contributed by atoms with E-state index in [1.807, 2.05) is 0 Å². The third-order valence-corrected chi connectivity index (χ3v) is 8.28. The van der Waals surface area contributed by atoms with E-state index in [2.05, 4.69) is 46.4 Å². The van der Waals surface area contributed by atoms with Crippen LogP contribution in [0.2, 0.25) is 0 Å². The molecule has 0 bridgehead atoms. The number of unbranched alkanes of at least 4 members (excludes halogenated alkanes) is 11. The molecule has 2 heteroatoms. The van der Waals surface area contributed by atoms with E-state index in [-0.39, 0.29) is 6.10 Å². The van der Waals surface area contributed by atoms with Crippen molar-refractivity contribution < 1.29 is 5.11 Å². The van der Waals surface area contributed by atoms with Gasteiger partial charge in [0.15, 0.2) is 0 Å². The summed E-state index contributed by atoms with van der Waals surface area (Å²) in [7, 11) is 0. The highest BCUT2D eigenvalue weighted by molar-refractivity contribution is 4.73. The van der Waals surface area contributed by atoms with Gasteiger partial charge in [0.05, 0.1) is 6.10 Å². The first kappa shape index (κ1) is 34.9. The summed E-state index contributed by atoms with van der Waals surface area (Å²) >= 11 is 0. The lowest BCUT2D eigenvalue weighted by molar-refractivity contribution is 0.0780. The van der Waals surface area contributed by atoms with Gasteiger partial charge in [-0.3, -0.25) is 4.90 Å². The number of nitrogens with zero attached hydrogens (tertiary/aromatic N) is 1. The monoisotopic (exact) mass is 496 g/mol.